The third kappa shape index (κ3) is 10.6. The molecule has 0 radical (unpaired) electrons. The Labute approximate surface area is 338 Å². The molecule has 2 saturated carbocycles. The van der Waals surface area contributed by atoms with Crippen LogP contribution in [-0.4, -0.2) is 87.2 Å². The minimum atomic E-state index is -0.264. The number of ketones is 3. The molecule has 0 spiro atoms. The number of aryl methyl sites for hydroxylation is 1. The standard InChI is InChI=1S/C47H62N2O8/c1-31(50)37-7-4-8-42(45(37)32(2)51)48-21-5-23-55-25-27-57-28-26-56-24-6-22-49-44(54)20-11-33-9-12-34(13-10-33)40-30-47(3)41(18-19-43(47)53)39-16-14-35-29-36(52)15-17-38(35)46(39)40/h4,7-10,12-13,29,39-41,43,48,53H,5-6,11,14-28,30H2,1-3H3,(H,49,54). The summed E-state index contributed by atoms with van der Waals surface area (Å²) in [5, 5.41) is 17.4. The fourth-order valence-corrected chi connectivity index (χ4v) is 9.91. The Morgan fingerprint density at radius 3 is 2.23 bits per heavy atom. The van der Waals surface area contributed by atoms with E-state index in [0.717, 1.165) is 56.9 Å². The van der Waals surface area contributed by atoms with Gasteiger partial charge in [-0.05, 0) is 123 Å². The van der Waals surface area contributed by atoms with Crippen molar-refractivity contribution in [3.05, 3.63) is 87.5 Å². The average Bonchev–Trinajstić information content (AvgIpc) is 3.50. The molecule has 2 aromatic carbocycles. The van der Waals surface area contributed by atoms with Crippen molar-refractivity contribution in [1.29, 1.82) is 0 Å². The molecule has 0 bridgehead atoms. The second-order valence-electron chi connectivity index (χ2n) is 16.6. The molecule has 0 saturated heterocycles. The number of aliphatic hydroxyl groups is 1. The van der Waals surface area contributed by atoms with Crippen LogP contribution >= 0.6 is 0 Å². The van der Waals surface area contributed by atoms with Crippen LogP contribution in [0.5, 0.6) is 0 Å². The molecule has 2 fully saturated rings. The van der Waals surface area contributed by atoms with E-state index >= 15 is 0 Å². The number of hydrogen-bond acceptors (Lipinski definition) is 9. The lowest BCUT2D eigenvalue weighted by molar-refractivity contribution is -0.121. The van der Waals surface area contributed by atoms with Gasteiger partial charge in [0.1, 0.15) is 0 Å². The first-order valence-electron chi connectivity index (χ1n) is 21.2. The molecule has 4 aliphatic carbocycles. The molecule has 0 aromatic heterocycles. The zero-order valence-corrected chi connectivity index (χ0v) is 34.2. The van der Waals surface area contributed by atoms with Crippen LogP contribution in [0.3, 0.4) is 0 Å². The highest BCUT2D eigenvalue weighted by atomic mass is 16.5. The Morgan fingerprint density at radius 1 is 0.825 bits per heavy atom. The van der Waals surface area contributed by atoms with Gasteiger partial charge >= 0.3 is 0 Å². The average molecular weight is 783 g/mol. The highest BCUT2D eigenvalue weighted by molar-refractivity contribution is 6.10. The van der Waals surface area contributed by atoms with Crippen LogP contribution in [0, 0.1) is 17.3 Å². The second-order valence-corrected chi connectivity index (χ2v) is 16.6. The van der Waals surface area contributed by atoms with Gasteiger partial charge in [-0.2, -0.15) is 0 Å². The van der Waals surface area contributed by atoms with Crippen LogP contribution in [0.25, 0.3) is 0 Å². The molecule has 2 aromatic rings. The number of ether oxygens (including phenoxy) is 3. The first kappa shape index (κ1) is 42.6. The molecule has 308 valence electrons. The van der Waals surface area contributed by atoms with E-state index in [1.54, 1.807) is 17.7 Å². The number of Topliss-reactive ketones (excluding diaryl/α,β-unsaturated/α-hetero) is 2. The lowest BCUT2D eigenvalue weighted by atomic mass is 9.53. The maximum atomic E-state index is 12.6. The summed E-state index contributed by atoms with van der Waals surface area (Å²) < 4.78 is 16.9. The number of hydrogen-bond donors (Lipinski definition) is 3. The molecule has 4 aliphatic rings. The smallest absolute Gasteiger partial charge is 0.220 e. The summed E-state index contributed by atoms with van der Waals surface area (Å²) in [5.74, 6) is 1.24. The SMILES string of the molecule is CC(=O)c1cccc(NCCCOCCOCCOCCCNC(=O)CCc2ccc(C3CC4(C)C(O)CCC4C4CCC5=CC(=O)CCC5=C34)cc2)c1C(C)=O. The Kier molecular flexibility index (Phi) is 15.1. The molecule has 5 unspecified atom stereocenters. The van der Waals surface area contributed by atoms with E-state index in [1.165, 1.54) is 30.6 Å². The summed E-state index contributed by atoms with van der Waals surface area (Å²) in [4.78, 5) is 48.9. The number of carbonyl (C=O) groups excluding carboxylic acids is 4. The highest BCUT2D eigenvalue weighted by Gasteiger charge is 2.56. The fraction of sp³-hybridized carbons (Fsp3) is 0.574. The van der Waals surface area contributed by atoms with Gasteiger partial charge in [0.2, 0.25) is 5.91 Å². The van der Waals surface area contributed by atoms with Gasteiger partial charge in [0, 0.05) is 56.3 Å². The molecule has 0 heterocycles. The van der Waals surface area contributed by atoms with Crippen molar-refractivity contribution in [2.45, 2.75) is 103 Å². The molecule has 1 amide bonds. The van der Waals surface area contributed by atoms with Crippen LogP contribution in [0.15, 0.2) is 65.3 Å². The second kappa shape index (κ2) is 20.1. The van der Waals surface area contributed by atoms with Crippen molar-refractivity contribution in [3.63, 3.8) is 0 Å². The zero-order valence-electron chi connectivity index (χ0n) is 34.2. The number of fused-ring (bicyclic) bond motifs is 4. The van der Waals surface area contributed by atoms with Gasteiger partial charge < -0.3 is 30.0 Å². The van der Waals surface area contributed by atoms with Crippen LogP contribution in [-0.2, 0) is 30.2 Å². The van der Waals surface area contributed by atoms with Gasteiger partial charge in [0.15, 0.2) is 17.3 Å². The van der Waals surface area contributed by atoms with E-state index in [2.05, 4.69) is 41.8 Å². The van der Waals surface area contributed by atoms with Crippen LogP contribution in [0.4, 0.5) is 5.69 Å². The van der Waals surface area contributed by atoms with Crippen molar-refractivity contribution in [1.82, 2.24) is 5.32 Å². The quantitative estimate of drug-likeness (QED) is 0.0877. The van der Waals surface area contributed by atoms with Gasteiger partial charge in [0.25, 0.3) is 0 Å². The lowest BCUT2D eigenvalue weighted by Crippen LogP contribution is -2.45. The monoisotopic (exact) mass is 782 g/mol. The Bertz CT molecular complexity index is 1820. The summed E-state index contributed by atoms with van der Waals surface area (Å²) in [6, 6.07) is 14.1. The normalized spacial score (nSPS) is 24.0. The number of nitrogens with one attached hydrogen (secondary N) is 2. The van der Waals surface area contributed by atoms with Gasteiger partial charge in [-0.3, -0.25) is 19.2 Å². The van der Waals surface area contributed by atoms with Crippen LogP contribution < -0.4 is 10.6 Å². The summed E-state index contributed by atoms with van der Waals surface area (Å²) >= 11 is 0. The van der Waals surface area contributed by atoms with E-state index in [0.29, 0.717) is 101 Å². The Morgan fingerprint density at radius 2 is 1.53 bits per heavy atom. The molecule has 10 nitrogen and oxygen atoms in total. The van der Waals surface area contributed by atoms with E-state index < -0.39 is 0 Å². The predicted octanol–water partition coefficient (Wildman–Crippen LogP) is 7.34. The minimum absolute atomic E-state index is 0.0332. The van der Waals surface area contributed by atoms with Gasteiger partial charge in [0.05, 0.1) is 38.1 Å². The van der Waals surface area contributed by atoms with E-state index in [1.807, 2.05) is 12.1 Å². The molecule has 57 heavy (non-hydrogen) atoms. The fourth-order valence-electron chi connectivity index (χ4n) is 9.91. The maximum absolute atomic E-state index is 12.6. The zero-order chi connectivity index (χ0) is 40.4. The predicted molar refractivity (Wildman–Crippen MR) is 221 cm³/mol. The van der Waals surface area contributed by atoms with Crippen molar-refractivity contribution < 1.29 is 38.5 Å². The highest BCUT2D eigenvalue weighted by Crippen LogP contribution is 2.63. The number of benzene rings is 2. The number of rotatable bonds is 21. The van der Waals surface area contributed by atoms with Gasteiger partial charge in [-0.1, -0.05) is 48.9 Å². The Balaban J connectivity index is 0.820. The molecule has 10 heteroatoms. The summed E-state index contributed by atoms with van der Waals surface area (Å²) in [6.45, 7) is 9.40. The summed E-state index contributed by atoms with van der Waals surface area (Å²) in [5.41, 5.74) is 8.10. The molecule has 5 atom stereocenters. The lowest BCUT2D eigenvalue weighted by Gasteiger charge is -2.52. The first-order valence-corrected chi connectivity index (χ1v) is 21.2. The number of allylic oxidation sites excluding steroid dienone is 4. The number of amides is 1. The number of anilines is 1. The molecule has 0 aliphatic heterocycles. The number of aliphatic hydroxyl groups excluding tert-OH is 1. The van der Waals surface area contributed by atoms with Gasteiger partial charge in [-0.15, -0.1) is 0 Å². The van der Waals surface area contributed by atoms with E-state index in [4.69, 9.17) is 14.2 Å². The van der Waals surface area contributed by atoms with E-state index in [-0.39, 0.29) is 40.7 Å². The van der Waals surface area contributed by atoms with Crippen molar-refractivity contribution >= 4 is 28.9 Å². The maximum Gasteiger partial charge on any atom is 0.220 e. The molecule has 6 rings (SSSR count). The Hall–Kier alpha value is -3.96. The minimum Gasteiger partial charge on any atom is -0.393 e. The number of carbonyl (C=O) groups is 4. The van der Waals surface area contributed by atoms with Crippen LogP contribution in [0.1, 0.15) is 123 Å². The third-order valence-corrected chi connectivity index (χ3v) is 12.8. The van der Waals surface area contributed by atoms with Crippen molar-refractivity contribution in [2.75, 3.05) is 58.0 Å². The molecular weight excluding hydrogens is 721 g/mol. The molecule has 3 N–H and O–H groups in total. The van der Waals surface area contributed by atoms with Crippen LogP contribution in [0.2, 0.25) is 0 Å². The largest absolute Gasteiger partial charge is 0.393 e. The first-order chi connectivity index (χ1) is 27.6. The van der Waals surface area contributed by atoms with Crippen molar-refractivity contribution in [2.24, 2.45) is 17.3 Å². The van der Waals surface area contributed by atoms with E-state index in [9.17, 15) is 24.3 Å². The summed E-state index contributed by atoms with van der Waals surface area (Å²) in [7, 11) is 0. The van der Waals surface area contributed by atoms with Gasteiger partial charge in [-0.25, -0.2) is 0 Å². The third-order valence-electron chi connectivity index (χ3n) is 12.8. The topological polar surface area (TPSA) is 140 Å². The summed E-state index contributed by atoms with van der Waals surface area (Å²) in [6.07, 6.45) is 10.6. The van der Waals surface area contributed by atoms with Crippen molar-refractivity contribution in [3.8, 4) is 0 Å². The molecular formula is C47H62N2O8.